The molecule has 5 nitrogen and oxygen atoms in total. The number of anilines is 1. The third-order valence-electron chi connectivity index (χ3n) is 3.76. The van der Waals surface area contributed by atoms with Crippen LogP contribution in [-0.2, 0) is 4.79 Å². The Morgan fingerprint density at radius 2 is 1.88 bits per heavy atom. The largest absolute Gasteiger partial charge is 0.497 e. The smallest absolute Gasteiger partial charge is 0.264 e. The fourth-order valence-corrected chi connectivity index (χ4v) is 3.25. The van der Waals surface area contributed by atoms with Gasteiger partial charge in [0.1, 0.15) is 11.5 Å². The van der Waals surface area contributed by atoms with Crippen LogP contribution >= 0.6 is 11.3 Å². The van der Waals surface area contributed by atoms with Gasteiger partial charge in [-0.05, 0) is 41.8 Å². The summed E-state index contributed by atoms with van der Waals surface area (Å²) in [7, 11) is 1.62. The SMILES string of the molecule is COc1ccc2nc(NC(=O)COc3ccc(C(C)C)cc3)sc2c1. The molecule has 0 saturated carbocycles. The van der Waals surface area contributed by atoms with E-state index in [4.69, 9.17) is 9.47 Å². The molecule has 0 saturated heterocycles. The second kappa shape index (κ2) is 7.53. The van der Waals surface area contributed by atoms with Crippen LogP contribution in [0.25, 0.3) is 10.2 Å². The molecule has 130 valence electrons. The highest BCUT2D eigenvalue weighted by molar-refractivity contribution is 7.22. The first-order valence-electron chi connectivity index (χ1n) is 8.02. The van der Waals surface area contributed by atoms with Crippen LogP contribution in [0.3, 0.4) is 0 Å². The standard InChI is InChI=1S/C19H20N2O3S/c1-12(2)13-4-6-14(7-5-13)24-11-18(22)21-19-20-16-9-8-15(23-3)10-17(16)25-19/h4-10,12H,11H2,1-3H3,(H,20,21,22). The molecule has 0 aliphatic carbocycles. The van der Waals surface area contributed by atoms with E-state index in [2.05, 4.69) is 24.1 Å². The van der Waals surface area contributed by atoms with Crippen molar-refractivity contribution in [2.45, 2.75) is 19.8 Å². The number of thiazole rings is 1. The number of ether oxygens (including phenoxy) is 2. The van der Waals surface area contributed by atoms with Gasteiger partial charge in [0.25, 0.3) is 5.91 Å². The minimum absolute atomic E-state index is 0.0553. The molecule has 0 aliphatic heterocycles. The lowest BCUT2D eigenvalue weighted by molar-refractivity contribution is -0.118. The van der Waals surface area contributed by atoms with Crippen LogP contribution in [0.2, 0.25) is 0 Å². The molecular formula is C19H20N2O3S. The summed E-state index contributed by atoms with van der Waals surface area (Å²) in [5.41, 5.74) is 2.06. The van der Waals surface area contributed by atoms with E-state index in [0.29, 0.717) is 16.8 Å². The van der Waals surface area contributed by atoms with E-state index in [1.807, 2.05) is 42.5 Å². The Kier molecular flexibility index (Phi) is 5.19. The average molecular weight is 356 g/mol. The van der Waals surface area contributed by atoms with E-state index in [9.17, 15) is 4.79 Å². The molecule has 0 aliphatic rings. The van der Waals surface area contributed by atoms with Crippen molar-refractivity contribution in [3.63, 3.8) is 0 Å². The van der Waals surface area contributed by atoms with Crippen molar-refractivity contribution in [2.24, 2.45) is 0 Å². The Morgan fingerprint density at radius 1 is 1.16 bits per heavy atom. The fraction of sp³-hybridized carbons (Fsp3) is 0.263. The molecule has 1 N–H and O–H groups in total. The number of rotatable bonds is 6. The maximum atomic E-state index is 12.1. The zero-order chi connectivity index (χ0) is 17.8. The Morgan fingerprint density at radius 3 is 2.56 bits per heavy atom. The van der Waals surface area contributed by atoms with Crippen molar-refractivity contribution < 1.29 is 14.3 Å². The van der Waals surface area contributed by atoms with Gasteiger partial charge in [0, 0.05) is 0 Å². The topological polar surface area (TPSA) is 60.5 Å². The first-order chi connectivity index (χ1) is 12.0. The lowest BCUT2D eigenvalue weighted by atomic mass is 10.0. The zero-order valence-corrected chi connectivity index (χ0v) is 15.2. The summed E-state index contributed by atoms with van der Waals surface area (Å²) < 4.78 is 11.7. The highest BCUT2D eigenvalue weighted by atomic mass is 32.1. The van der Waals surface area contributed by atoms with Gasteiger partial charge in [0.15, 0.2) is 11.7 Å². The highest BCUT2D eigenvalue weighted by Crippen LogP contribution is 2.29. The van der Waals surface area contributed by atoms with Gasteiger partial charge in [0.05, 0.1) is 17.3 Å². The lowest BCUT2D eigenvalue weighted by Gasteiger charge is -2.08. The predicted octanol–water partition coefficient (Wildman–Crippen LogP) is 4.45. The van der Waals surface area contributed by atoms with Gasteiger partial charge in [-0.1, -0.05) is 37.3 Å². The van der Waals surface area contributed by atoms with Crippen molar-refractivity contribution >= 4 is 32.6 Å². The van der Waals surface area contributed by atoms with E-state index in [1.54, 1.807) is 7.11 Å². The fourth-order valence-electron chi connectivity index (χ4n) is 2.34. The van der Waals surface area contributed by atoms with Gasteiger partial charge >= 0.3 is 0 Å². The number of fused-ring (bicyclic) bond motifs is 1. The molecule has 0 fully saturated rings. The summed E-state index contributed by atoms with van der Waals surface area (Å²) in [6.07, 6.45) is 0. The van der Waals surface area contributed by atoms with Crippen LogP contribution in [0.4, 0.5) is 5.13 Å². The molecule has 2 aromatic carbocycles. The molecule has 0 spiro atoms. The predicted molar refractivity (Wildman–Crippen MR) is 101 cm³/mol. The maximum absolute atomic E-state index is 12.1. The molecule has 3 rings (SSSR count). The van der Waals surface area contributed by atoms with Crippen LogP contribution in [0.5, 0.6) is 11.5 Å². The Bertz CT molecular complexity index is 872. The molecular weight excluding hydrogens is 336 g/mol. The van der Waals surface area contributed by atoms with E-state index < -0.39 is 0 Å². The van der Waals surface area contributed by atoms with Crippen LogP contribution in [0.15, 0.2) is 42.5 Å². The summed E-state index contributed by atoms with van der Waals surface area (Å²) in [6.45, 7) is 4.22. The summed E-state index contributed by atoms with van der Waals surface area (Å²) in [6, 6.07) is 13.4. The number of hydrogen-bond acceptors (Lipinski definition) is 5. The summed E-state index contributed by atoms with van der Waals surface area (Å²) in [5.74, 6) is 1.67. The van der Waals surface area contributed by atoms with Crippen molar-refractivity contribution in [2.75, 3.05) is 19.0 Å². The van der Waals surface area contributed by atoms with Crippen molar-refractivity contribution in [3.8, 4) is 11.5 Å². The third kappa shape index (κ3) is 4.28. The average Bonchev–Trinajstić information content (AvgIpc) is 3.01. The van der Waals surface area contributed by atoms with Crippen LogP contribution in [0.1, 0.15) is 25.3 Å². The minimum atomic E-state index is -0.237. The third-order valence-corrected chi connectivity index (χ3v) is 4.69. The zero-order valence-electron chi connectivity index (χ0n) is 14.4. The van der Waals surface area contributed by atoms with Gasteiger partial charge < -0.3 is 9.47 Å². The quantitative estimate of drug-likeness (QED) is 0.709. The monoisotopic (exact) mass is 356 g/mol. The van der Waals surface area contributed by atoms with E-state index in [0.717, 1.165) is 16.0 Å². The summed E-state index contributed by atoms with van der Waals surface area (Å²) in [4.78, 5) is 16.5. The molecule has 6 heteroatoms. The number of nitrogens with zero attached hydrogens (tertiary/aromatic N) is 1. The number of benzene rings is 2. The summed E-state index contributed by atoms with van der Waals surface area (Å²) in [5, 5.41) is 3.32. The van der Waals surface area contributed by atoms with Crippen LogP contribution < -0.4 is 14.8 Å². The number of carbonyl (C=O) groups excluding carboxylic acids is 1. The highest BCUT2D eigenvalue weighted by Gasteiger charge is 2.09. The van der Waals surface area contributed by atoms with Gasteiger partial charge in [-0.25, -0.2) is 4.98 Å². The number of methoxy groups -OCH3 is 1. The van der Waals surface area contributed by atoms with Crippen molar-refractivity contribution in [3.05, 3.63) is 48.0 Å². The first kappa shape index (κ1) is 17.2. The molecule has 1 amide bonds. The summed E-state index contributed by atoms with van der Waals surface area (Å²) >= 11 is 1.40. The van der Waals surface area contributed by atoms with Crippen LogP contribution in [-0.4, -0.2) is 24.6 Å². The number of aromatic nitrogens is 1. The second-order valence-corrected chi connectivity index (χ2v) is 6.94. The minimum Gasteiger partial charge on any atom is -0.497 e. The maximum Gasteiger partial charge on any atom is 0.264 e. The normalized spacial score (nSPS) is 10.9. The second-order valence-electron chi connectivity index (χ2n) is 5.91. The van der Waals surface area contributed by atoms with E-state index in [-0.39, 0.29) is 12.5 Å². The van der Waals surface area contributed by atoms with Gasteiger partial charge in [-0.2, -0.15) is 0 Å². The number of carbonyl (C=O) groups is 1. The Hall–Kier alpha value is -2.60. The van der Waals surface area contributed by atoms with E-state index >= 15 is 0 Å². The van der Waals surface area contributed by atoms with Crippen molar-refractivity contribution in [1.82, 2.24) is 4.98 Å². The molecule has 0 unspecified atom stereocenters. The number of nitrogens with one attached hydrogen (secondary N) is 1. The molecule has 0 atom stereocenters. The van der Waals surface area contributed by atoms with Gasteiger partial charge in [0.2, 0.25) is 0 Å². The van der Waals surface area contributed by atoms with Crippen LogP contribution in [0, 0.1) is 0 Å². The van der Waals surface area contributed by atoms with Crippen molar-refractivity contribution in [1.29, 1.82) is 0 Å². The van der Waals surface area contributed by atoms with Gasteiger partial charge in [-0.15, -0.1) is 0 Å². The molecule has 3 aromatic rings. The number of hydrogen-bond donors (Lipinski definition) is 1. The Balaban J connectivity index is 1.58. The molecule has 0 radical (unpaired) electrons. The Labute approximate surface area is 150 Å². The number of amides is 1. The molecule has 1 aromatic heterocycles. The lowest BCUT2D eigenvalue weighted by Crippen LogP contribution is -2.20. The van der Waals surface area contributed by atoms with E-state index in [1.165, 1.54) is 16.9 Å². The molecule has 0 bridgehead atoms. The molecule has 1 heterocycles. The first-order valence-corrected chi connectivity index (χ1v) is 8.84. The van der Waals surface area contributed by atoms with Gasteiger partial charge in [-0.3, -0.25) is 10.1 Å². The molecule has 25 heavy (non-hydrogen) atoms.